The van der Waals surface area contributed by atoms with Crippen LogP contribution in [0.2, 0.25) is 0 Å². The Kier molecular flexibility index (Phi) is 8.33. The van der Waals surface area contributed by atoms with Gasteiger partial charge in [0.05, 0.1) is 19.3 Å². The summed E-state index contributed by atoms with van der Waals surface area (Å²) in [5.41, 5.74) is 3.92. The second-order valence-corrected chi connectivity index (χ2v) is 11.1. The molecule has 1 saturated carbocycles. The molecule has 0 spiro atoms. The lowest BCUT2D eigenvalue weighted by Gasteiger charge is -2.42. The van der Waals surface area contributed by atoms with E-state index in [1.165, 1.54) is 17.8 Å². The molecule has 3 aromatic rings. The van der Waals surface area contributed by atoms with E-state index in [-0.39, 0.29) is 17.7 Å². The third kappa shape index (κ3) is 6.28. The monoisotopic (exact) mass is 565 g/mol. The zero-order valence-corrected chi connectivity index (χ0v) is 22.7. The topological polar surface area (TPSA) is 54.5 Å². The van der Waals surface area contributed by atoms with Crippen LogP contribution in [0.4, 0.5) is 4.39 Å². The normalized spacial score (nSPS) is 23.4. The molecule has 1 amide bonds. The van der Waals surface area contributed by atoms with Crippen molar-refractivity contribution >= 4 is 21.8 Å². The number of rotatable bonds is 6. The number of carbonyl (C=O) groups is 1. The molecule has 2 fully saturated rings. The highest BCUT2D eigenvalue weighted by molar-refractivity contribution is 9.10. The molecule has 194 valence electrons. The van der Waals surface area contributed by atoms with Crippen LogP contribution < -0.4 is 5.32 Å². The quantitative estimate of drug-likeness (QED) is 0.385. The average Bonchev–Trinajstić information content (AvgIpc) is 2.93. The predicted octanol–water partition coefficient (Wildman–Crippen LogP) is 5.78. The lowest BCUT2D eigenvalue weighted by atomic mass is 9.72. The number of ether oxygens (including phenoxy) is 1. The molecular formula is C30H33BrFN3O2. The van der Waals surface area contributed by atoms with Gasteiger partial charge in [0.2, 0.25) is 11.9 Å². The van der Waals surface area contributed by atoms with E-state index in [4.69, 9.17) is 4.74 Å². The first-order valence-electron chi connectivity index (χ1n) is 13.0. The number of halogens is 2. The molecule has 5 rings (SSSR count). The van der Waals surface area contributed by atoms with Gasteiger partial charge in [0.1, 0.15) is 0 Å². The summed E-state index contributed by atoms with van der Waals surface area (Å²) < 4.78 is 20.7. The first kappa shape index (κ1) is 26.0. The molecule has 1 aliphatic heterocycles. The van der Waals surface area contributed by atoms with Crippen LogP contribution >= 0.6 is 15.9 Å². The van der Waals surface area contributed by atoms with Gasteiger partial charge in [-0.2, -0.15) is 4.39 Å². The molecule has 2 aromatic carbocycles. The van der Waals surface area contributed by atoms with Crippen LogP contribution in [0.25, 0.3) is 0 Å². The van der Waals surface area contributed by atoms with E-state index in [0.29, 0.717) is 11.6 Å². The van der Waals surface area contributed by atoms with Gasteiger partial charge in [0.15, 0.2) is 0 Å². The molecule has 1 unspecified atom stereocenters. The SMILES string of the molecule is Cc1ccc(C(NC(=O)[C@@H]2CC[C@@H](N3CCOCC3)C[C@H]2c2ccc(Br)cc2)c2ccnc(F)c2)cc1. The van der Waals surface area contributed by atoms with E-state index in [1.807, 2.05) is 31.2 Å². The first-order valence-corrected chi connectivity index (χ1v) is 13.8. The minimum absolute atomic E-state index is 0.0103. The van der Waals surface area contributed by atoms with Crippen LogP contribution in [0.5, 0.6) is 0 Å². The highest BCUT2D eigenvalue weighted by Crippen LogP contribution is 2.41. The maximum Gasteiger partial charge on any atom is 0.224 e. The molecule has 37 heavy (non-hydrogen) atoms. The van der Waals surface area contributed by atoms with Gasteiger partial charge in [0.25, 0.3) is 0 Å². The molecule has 4 atom stereocenters. The van der Waals surface area contributed by atoms with E-state index >= 15 is 0 Å². The van der Waals surface area contributed by atoms with Crippen molar-refractivity contribution in [3.63, 3.8) is 0 Å². The number of pyridine rings is 1. The minimum atomic E-state index is -0.553. The van der Waals surface area contributed by atoms with Gasteiger partial charge in [-0.3, -0.25) is 9.69 Å². The number of amides is 1. The van der Waals surface area contributed by atoms with Crippen molar-refractivity contribution in [1.29, 1.82) is 0 Å². The molecule has 1 aliphatic carbocycles. The van der Waals surface area contributed by atoms with Gasteiger partial charge in [0, 0.05) is 35.7 Å². The predicted molar refractivity (Wildman–Crippen MR) is 146 cm³/mol. The highest BCUT2D eigenvalue weighted by atomic mass is 79.9. The Morgan fingerprint density at radius 2 is 1.78 bits per heavy atom. The van der Waals surface area contributed by atoms with E-state index in [0.717, 1.165) is 61.2 Å². The Hall–Kier alpha value is -2.61. The Balaban J connectivity index is 1.42. The zero-order chi connectivity index (χ0) is 25.8. The smallest absolute Gasteiger partial charge is 0.224 e. The molecule has 1 N–H and O–H groups in total. The third-order valence-electron chi connectivity index (χ3n) is 7.80. The van der Waals surface area contributed by atoms with Crippen molar-refractivity contribution in [2.45, 2.75) is 44.2 Å². The maximum atomic E-state index is 14.1. The van der Waals surface area contributed by atoms with Crippen LogP contribution in [0, 0.1) is 18.8 Å². The molecule has 1 aromatic heterocycles. The molecular weight excluding hydrogens is 533 g/mol. The summed E-state index contributed by atoms with van der Waals surface area (Å²) in [5.74, 6) is -0.612. The van der Waals surface area contributed by atoms with E-state index in [1.54, 1.807) is 6.07 Å². The van der Waals surface area contributed by atoms with E-state index in [2.05, 4.69) is 55.4 Å². The lowest BCUT2D eigenvalue weighted by Crippen LogP contribution is -2.48. The Morgan fingerprint density at radius 3 is 2.49 bits per heavy atom. The fraction of sp³-hybridized carbons (Fsp3) is 0.400. The molecule has 2 heterocycles. The number of nitrogens with zero attached hydrogens (tertiary/aromatic N) is 2. The lowest BCUT2D eigenvalue weighted by molar-refractivity contribution is -0.127. The number of morpholine rings is 1. The van der Waals surface area contributed by atoms with Gasteiger partial charge in [-0.25, -0.2) is 4.98 Å². The van der Waals surface area contributed by atoms with Crippen molar-refractivity contribution in [1.82, 2.24) is 15.2 Å². The van der Waals surface area contributed by atoms with Crippen LogP contribution in [-0.4, -0.2) is 48.1 Å². The molecule has 2 aliphatic rings. The molecule has 7 heteroatoms. The van der Waals surface area contributed by atoms with Crippen LogP contribution in [0.15, 0.2) is 71.3 Å². The third-order valence-corrected chi connectivity index (χ3v) is 8.33. The van der Waals surface area contributed by atoms with Gasteiger partial charge in [-0.1, -0.05) is 57.9 Å². The number of nitrogens with one attached hydrogen (secondary N) is 1. The van der Waals surface area contributed by atoms with Crippen molar-refractivity contribution in [3.05, 3.63) is 99.5 Å². The summed E-state index contributed by atoms with van der Waals surface area (Å²) in [4.78, 5) is 20.2. The summed E-state index contributed by atoms with van der Waals surface area (Å²) in [6.45, 7) is 5.45. The fourth-order valence-electron chi connectivity index (χ4n) is 5.78. The van der Waals surface area contributed by atoms with Crippen molar-refractivity contribution in [3.8, 4) is 0 Å². The number of aryl methyl sites for hydroxylation is 1. The summed E-state index contributed by atoms with van der Waals surface area (Å²) in [6.07, 6.45) is 4.17. The molecule has 0 radical (unpaired) electrons. The number of benzene rings is 2. The number of hydrogen-bond donors (Lipinski definition) is 1. The standard InChI is InChI=1S/C30H33BrFN3O2/c1-20-2-4-22(5-3-20)29(23-12-13-33-28(32)18-23)34-30(36)26-11-10-25(35-14-16-37-17-15-35)19-27(26)21-6-8-24(31)9-7-21/h2-9,12-13,18,25-27,29H,10-11,14-17,19H2,1H3,(H,34,36)/t25-,26-,27+,29?/m1/s1. The maximum absolute atomic E-state index is 14.1. The van der Waals surface area contributed by atoms with Crippen molar-refractivity contribution in [2.75, 3.05) is 26.3 Å². The summed E-state index contributed by atoms with van der Waals surface area (Å²) in [7, 11) is 0. The van der Waals surface area contributed by atoms with Gasteiger partial charge >= 0.3 is 0 Å². The van der Waals surface area contributed by atoms with Gasteiger partial charge in [-0.15, -0.1) is 0 Å². The van der Waals surface area contributed by atoms with Crippen molar-refractivity contribution < 1.29 is 13.9 Å². The van der Waals surface area contributed by atoms with E-state index < -0.39 is 12.0 Å². The van der Waals surface area contributed by atoms with Crippen LogP contribution in [0.3, 0.4) is 0 Å². The van der Waals surface area contributed by atoms with E-state index in [9.17, 15) is 9.18 Å². The van der Waals surface area contributed by atoms with Crippen LogP contribution in [0.1, 0.15) is 53.5 Å². The molecule has 0 bridgehead atoms. The fourth-order valence-corrected chi connectivity index (χ4v) is 6.04. The summed E-state index contributed by atoms with van der Waals surface area (Å²) >= 11 is 3.55. The molecule has 5 nitrogen and oxygen atoms in total. The second-order valence-electron chi connectivity index (χ2n) is 10.1. The first-order chi connectivity index (χ1) is 18.0. The average molecular weight is 567 g/mol. The second kappa shape index (κ2) is 11.8. The molecule has 1 saturated heterocycles. The Morgan fingerprint density at radius 1 is 1.05 bits per heavy atom. The van der Waals surface area contributed by atoms with Crippen molar-refractivity contribution in [2.24, 2.45) is 5.92 Å². The summed E-state index contributed by atoms with van der Waals surface area (Å²) in [5, 5.41) is 3.30. The number of carbonyl (C=O) groups excluding carboxylic acids is 1. The van der Waals surface area contributed by atoms with Gasteiger partial charge in [-0.05, 0) is 73.1 Å². The Bertz CT molecular complexity index is 1200. The Labute approximate surface area is 226 Å². The number of hydrogen-bond acceptors (Lipinski definition) is 4. The highest BCUT2D eigenvalue weighted by Gasteiger charge is 2.39. The number of aromatic nitrogens is 1. The van der Waals surface area contributed by atoms with Gasteiger partial charge < -0.3 is 10.1 Å². The largest absolute Gasteiger partial charge is 0.379 e. The minimum Gasteiger partial charge on any atom is -0.379 e. The summed E-state index contributed by atoms with van der Waals surface area (Å²) in [6, 6.07) is 19.6. The van der Waals surface area contributed by atoms with Crippen LogP contribution in [-0.2, 0) is 9.53 Å². The zero-order valence-electron chi connectivity index (χ0n) is 21.1.